The van der Waals surface area contributed by atoms with E-state index in [1.807, 2.05) is 12.1 Å². The Bertz CT molecular complexity index is 1090. The minimum Gasteiger partial charge on any atom is -0.497 e. The highest BCUT2D eigenvalue weighted by Crippen LogP contribution is 2.31. The van der Waals surface area contributed by atoms with Crippen LogP contribution in [0.4, 0.5) is 0 Å². The third kappa shape index (κ3) is 4.04. The van der Waals surface area contributed by atoms with E-state index in [1.54, 1.807) is 32.4 Å². The molecule has 0 bridgehead atoms. The van der Waals surface area contributed by atoms with Crippen LogP contribution in [0.25, 0.3) is 10.9 Å². The molecule has 1 aliphatic heterocycles. The van der Waals surface area contributed by atoms with Gasteiger partial charge in [0.1, 0.15) is 17.2 Å². The molecule has 1 saturated heterocycles. The number of nitrogens with zero attached hydrogens (tertiary/aromatic N) is 1. The van der Waals surface area contributed by atoms with Gasteiger partial charge in [-0.3, -0.25) is 4.79 Å². The monoisotopic (exact) mass is 424 g/mol. The van der Waals surface area contributed by atoms with Crippen molar-refractivity contribution in [1.29, 1.82) is 0 Å². The lowest BCUT2D eigenvalue weighted by molar-refractivity contribution is 0.0929. The lowest BCUT2D eigenvalue weighted by Crippen LogP contribution is -2.44. The topological polar surface area (TPSA) is 85.8 Å². The zero-order valence-corrected chi connectivity index (χ0v) is 18.2. The van der Waals surface area contributed by atoms with Crippen molar-refractivity contribution in [2.24, 2.45) is 0 Å². The van der Waals surface area contributed by atoms with E-state index in [1.165, 1.54) is 7.11 Å². The van der Waals surface area contributed by atoms with Gasteiger partial charge in [0, 0.05) is 35.6 Å². The highest BCUT2D eigenvalue weighted by molar-refractivity contribution is 5.97. The van der Waals surface area contributed by atoms with Crippen LogP contribution in [0, 0.1) is 0 Å². The van der Waals surface area contributed by atoms with Gasteiger partial charge in [0.05, 0.1) is 39.1 Å². The second-order valence-electron chi connectivity index (χ2n) is 7.41. The molecule has 164 valence electrons. The number of fused-ring (bicyclic) bond motifs is 1. The summed E-state index contributed by atoms with van der Waals surface area (Å²) in [5.41, 5.74) is 9.31. The first kappa shape index (κ1) is 21.0. The average molecular weight is 425 g/mol. The van der Waals surface area contributed by atoms with Crippen molar-refractivity contribution in [2.75, 3.05) is 21.3 Å². The van der Waals surface area contributed by atoms with Crippen LogP contribution in [-0.2, 0) is 6.54 Å². The molecule has 1 aromatic heterocycles. The summed E-state index contributed by atoms with van der Waals surface area (Å²) < 4.78 is 18.2. The molecule has 0 saturated carbocycles. The van der Waals surface area contributed by atoms with Gasteiger partial charge in [0.25, 0.3) is 5.91 Å². The van der Waals surface area contributed by atoms with Gasteiger partial charge in [-0.1, -0.05) is 0 Å². The number of carbonyl (C=O) groups excluding carboxylic acids is 1. The first-order valence-electron chi connectivity index (χ1n) is 10.3. The predicted octanol–water partition coefficient (Wildman–Crippen LogP) is 2.98. The van der Waals surface area contributed by atoms with Crippen molar-refractivity contribution in [3.8, 4) is 17.2 Å². The molecule has 0 radical (unpaired) electrons. The Balaban J connectivity index is 1.50. The summed E-state index contributed by atoms with van der Waals surface area (Å²) in [6, 6.07) is 13.5. The Morgan fingerprint density at radius 1 is 1.03 bits per heavy atom. The molecule has 31 heavy (non-hydrogen) atoms. The lowest BCUT2D eigenvalue weighted by atomic mass is 10.1. The van der Waals surface area contributed by atoms with Crippen LogP contribution in [0.3, 0.4) is 0 Å². The number of hydrazine groups is 1. The molecule has 2 unspecified atom stereocenters. The Morgan fingerprint density at radius 3 is 2.48 bits per heavy atom. The number of aryl methyl sites for hydroxylation is 1. The minimum atomic E-state index is -0.220. The molecule has 3 N–H and O–H groups in total. The van der Waals surface area contributed by atoms with Crippen LogP contribution in [-0.4, -0.2) is 38.0 Å². The molecule has 8 nitrogen and oxygen atoms in total. The van der Waals surface area contributed by atoms with E-state index in [-0.39, 0.29) is 18.1 Å². The van der Waals surface area contributed by atoms with Gasteiger partial charge >= 0.3 is 0 Å². The van der Waals surface area contributed by atoms with E-state index in [0.29, 0.717) is 23.5 Å². The van der Waals surface area contributed by atoms with Gasteiger partial charge in [-0.25, -0.2) is 10.9 Å². The number of hydrogen-bond acceptors (Lipinski definition) is 6. The summed E-state index contributed by atoms with van der Waals surface area (Å²) in [5.74, 6) is 1.74. The van der Waals surface area contributed by atoms with Gasteiger partial charge in [0.15, 0.2) is 0 Å². The fourth-order valence-electron chi connectivity index (χ4n) is 4.11. The van der Waals surface area contributed by atoms with Crippen LogP contribution in [0.2, 0.25) is 0 Å². The number of methoxy groups -OCH3 is 3. The summed E-state index contributed by atoms with van der Waals surface area (Å²) in [6.45, 7) is 2.98. The fraction of sp³-hybridized carbons (Fsp3) is 0.348. The highest BCUT2D eigenvalue weighted by Gasteiger charge is 2.29. The Hall–Kier alpha value is -3.23. The van der Waals surface area contributed by atoms with E-state index in [2.05, 4.69) is 39.8 Å². The van der Waals surface area contributed by atoms with Gasteiger partial charge in [-0.2, -0.15) is 0 Å². The normalized spacial score (nSPS) is 18.2. The van der Waals surface area contributed by atoms with Crippen LogP contribution in [0.1, 0.15) is 35.4 Å². The second kappa shape index (κ2) is 8.87. The molecule has 2 aromatic carbocycles. The average Bonchev–Trinajstić information content (AvgIpc) is 3.41. The molecule has 8 heteroatoms. The maximum absolute atomic E-state index is 12.8. The van der Waals surface area contributed by atoms with Crippen molar-refractivity contribution in [2.45, 2.75) is 32.1 Å². The van der Waals surface area contributed by atoms with E-state index in [4.69, 9.17) is 14.2 Å². The standard InChI is InChI=1S/C23H28N4O4/c1-5-27-19-9-7-15(29-2)10-14(19)11-20(27)18-13-22(26-25-18)24-23(28)17-8-6-16(30-3)12-21(17)31-4/h6-12,18,22,25-26H,5,13H2,1-4H3,(H,24,28). The molecular formula is C23H28N4O4. The molecule has 2 heterocycles. The van der Waals surface area contributed by atoms with E-state index in [9.17, 15) is 4.79 Å². The summed E-state index contributed by atoms with van der Waals surface area (Å²) >= 11 is 0. The van der Waals surface area contributed by atoms with Gasteiger partial charge in [0.2, 0.25) is 0 Å². The van der Waals surface area contributed by atoms with E-state index < -0.39 is 0 Å². The van der Waals surface area contributed by atoms with E-state index in [0.717, 1.165) is 28.9 Å². The summed E-state index contributed by atoms with van der Waals surface area (Å²) in [7, 11) is 4.79. The number of amides is 1. The summed E-state index contributed by atoms with van der Waals surface area (Å²) in [5, 5.41) is 4.17. The molecule has 2 atom stereocenters. The van der Waals surface area contributed by atoms with Crippen molar-refractivity contribution < 1.29 is 19.0 Å². The predicted molar refractivity (Wildman–Crippen MR) is 119 cm³/mol. The van der Waals surface area contributed by atoms with Crippen molar-refractivity contribution >= 4 is 16.8 Å². The van der Waals surface area contributed by atoms with Crippen molar-refractivity contribution in [3.05, 3.63) is 53.7 Å². The molecule has 4 rings (SSSR count). The number of rotatable bonds is 7. The van der Waals surface area contributed by atoms with Gasteiger partial charge in [-0.15, -0.1) is 0 Å². The van der Waals surface area contributed by atoms with Gasteiger partial charge < -0.3 is 24.1 Å². The molecular weight excluding hydrogens is 396 g/mol. The van der Waals surface area contributed by atoms with Crippen LogP contribution in [0.15, 0.2) is 42.5 Å². The number of ether oxygens (including phenoxy) is 3. The molecule has 0 spiro atoms. The molecule has 1 aliphatic rings. The SMILES string of the molecule is CCn1c(C2CC(NC(=O)c3ccc(OC)cc3OC)NN2)cc2cc(OC)ccc21. The minimum absolute atomic E-state index is 0.0569. The first-order valence-corrected chi connectivity index (χ1v) is 10.3. The highest BCUT2D eigenvalue weighted by atomic mass is 16.5. The number of aromatic nitrogens is 1. The zero-order valence-electron chi connectivity index (χ0n) is 18.2. The first-order chi connectivity index (χ1) is 15.1. The van der Waals surface area contributed by atoms with E-state index >= 15 is 0 Å². The third-order valence-electron chi connectivity index (χ3n) is 5.68. The quantitative estimate of drug-likeness (QED) is 0.541. The zero-order chi connectivity index (χ0) is 22.0. The number of benzene rings is 2. The molecule has 1 fully saturated rings. The molecule has 1 amide bonds. The summed E-state index contributed by atoms with van der Waals surface area (Å²) in [4.78, 5) is 12.8. The maximum atomic E-state index is 12.8. The largest absolute Gasteiger partial charge is 0.497 e. The maximum Gasteiger partial charge on any atom is 0.256 e. The smallest absolute Gasteiger partial charge is 0.256 e. The Morgan fingerprint density at radius 2 is 1.77 bits per heavy atom. The van der Waals surface area contributed by atoms with Crippen molar-refractivity contribution in [3.63, 3.8) is 0 Å². The van der Waals surface area contributed by atoms with Crippen LogP contribution < -0.4 is 30.4 Å². The Labute approximate surface area is 181 Å². The lowest BCUT2D eigenvalue weighted by Gasteiger charge is -2.15. The van der Waals surface area contributed by atoms with Gasteiger partial charge in [-0.05, 0) is 43.3 Å². The Kier molecular flexibility index (Phi) is 6.01. The van der Waals surface area contributed by atoms with Crippen LogP contribution in [0.5, 0.6) is 17.2 Å². The second-order valence-corrected chi connectivity index (χ2v) is 7.41. The molecule has 0 aliphatic carbocycles. The number of nitrogens with one attached hydrogen (secondary N) is 3. The number of hydrogen-bond donors (Lipinski definition) is 3. The molecule has 3 aromatic rings. The fourth-order valence-corrected chi connectivity index (χ4v) is 4.11. The van der Waals surface area contributed by atoms with Crippen LogP contribution >= 0.6 is 0 Å². The third-order valence-corrected chi connectivity index (χ3v) is 5.68. The van der Waals surface area contributed by atoms with Crippen molar-refractivity contribution in [1.82, 2.24) is 20.7 Å². The number of carbonyl (C=O) groups is 1. The summed E-state index contributed by atoms with van der Waals surface area (Å²) in [6.07, 6.45) is 0.486.